The highest BCUT2D eigenvalue weighted by Crippen LogP contribution is 2.30. The van der Waals surface area contributed by atoms with Gasteiger partial charge in [-0.1, -0.05) is 52.9 Å². The minimum Gasteiger partial charge on any atom is -0.481 e. The third-order valence-corrected chi connectivity index (χ3v) is 3.20. The van der Waals surface area contributed by atoms with Gasteiger partial charge in [-0.3, -0.25) is 4.79 Å². The number of carbonyl (C=O) groups is 1. The summed E-state index contributed by atoms with van der Waals surface area (Å²) in [6.45, 7) is 6.84. The van der Waals surface area contributed by atoms with Crippen LogP contribution in [0.1, 0.15) is 78.6 Å². The number of hydrogen-bond acceptors (Lipinski definition) is 1. The number of aliphatic carboxylic acids is 1. The molecule has 0 fully saturated rings. The molecule has 0 atom stereocenters. The summed E-state index contributed by atoms with van der Waals surface area (Å²) in [5, 5.41) is 8.54. The summed E-state index contributed by atoms with van der Waals surface area (Å²) in [7, 11) is 0. The van der Waals surface area contributed by atoms with Crippen LogP contribution < -0.4 is 0 Å². The van der Waals surface area contributed by atoms with E-state index in [0.29, 0.717) is 11.8 Å². The lowest BCUT2D eigenvalue weighted by atomic mass is 9.82. The van der Waals surface area contributed by atoms with Crippen LogP contribution in [0.3, 0.4) is 0 Å². The Morgan fingerprint density at radius 3 is 2.06 bits per heavy atom. The number of hydrogen-bond donors (Lipinski definition) is 1. The van der Waals surface area contributed by atoms with Crippen molar-refractivity contribution in [1.82, 2.24) is 0 Å². The second-order valence-electron chi connectivity index (χ2n) is 5.58. The first-order chi connectivity index (χ1) is 7.48. The van der Waals surface area contributed by atoms with Gasteiger partial charge in [0.05, 0.1) is 0 Å². The van der Waals surface area contributed by atoms with Gasteiger partial charge in [0.1, 0.15) is 0 Å². The van der Waals surface area contributed by atoms with Crippen molar-refractivity contribution >= 4 is 5.97 Å². The van der Waals surface area contributed by atoms with Gasteiger partial charge in [-0.2, -0.15) is 0 Å². The molecule has 0 bridgehead atoms. The molecule has 0 rings (SSSR count). The third kappa shape index (κ3) is 10.0. The molecule has 0 spiro atoms. The van der Waals surface area contributed by atoms with Crippen LogP contribution in [-0.2, 0) is 4.79 Å². The van der Waals surface area contributed by atoms with Crippen molar-refractivity contribution in [1.29, 1.82) is 0 Å². The minimum absolute atomic E-state index is 0.325. The third-order valence-electron chi connectivity index (χ3n) is 3.20. The quantitative estimate of drug-likeness (QED) is 0.554. The fourth-order valence-corrected chi connectivity index (χ4v) is 2.04. The van der Waals surface area contributed by atoms with Gasteiger partial charge in [-0.25, -0.2) is 0 Å². The maximum absolute atomic E-state index is 10.4. The van der Waals surface area contributed by atoms with Crippen LogP contribution in [0.15, 0.2) is 0 Å². The van der Waals surface area contributed by atoms with E-state index in [1.165, 1.54) is 32.1 Å². The van der Waals surface area contributed by atoms with Crippen molar-refractivity contribution in [2.75, 3.05) is 0 Å². The molecule has 2 heteroatoms. The number of carboxylic acids is 1. The Hall–Kier alpha value is -0.530. The van der Waals surface area contributed by atoms with E-state index >= 15 is 0 Å². The topological polar surface area (TPSA) is 37.3 Å². The molecule has 0 unspecified atom stereocenters. The molecule has 0 aromatic carbocycles. The van der Waals surface area contributed by atoms with E-state index in [9.17, 15) is 4.79 Å². The van der Waals surface area contributed by atoms with Gasteiger partial charge in [0, 0.05) is 6.42 Å². The average Bonchev–Trinajstić information content (AvgIpc) is 2.19. The highest BCUT2D eigenvalue weighted by Gasteiger charge is 2.16. The average molecular weight is 228 g/mol. The SMILES string of the molecule is CCCCCCC(C)(C)CCCCC(=O)O. The Bertz CT molecular complexity index is 185. The van der Waals surface area contributed by atoms with Gasteiger partial charge >= 0.3 is 5.97 Å². The Kier molecular flexibility index (Phi) is 8.32. The lowest BCUT2D eigenvalue weighted by Crippen LogP contribution is -2.11. The van der Waals surface area contributed by atoms with Crippen molar-refractivity contribution in [3.05, 3.63) is 0 Å². The molecule has 0 aromatic heterocycles. The van der Waals surface area contributed by atoms with E-state index in [2.05, 4.69) is 20.8 Å². The maximum atomic E-state index is 10.4. The van der Waals surface area contributed by atoms with E-state index in [0.717, 1.165) is 19.3 Å². The molecule has 2 nitrogen and oxygen atoms in total. The molecule has 0 amide bonds. The van der Waals surface area contributed by atoms with Gasteiger partial charge in [0.25, 0.3) is 0 Å². The summed E-state index contributed by atoms with van der Waals surface area (Å²) >= 11 is 0. The molecule has 0 aliphatic rings. The monoisotopic (exact) mass is 228 g/mol. The molecular formula is C14H28O2. The molecule has 16 heavy (non-hydrogen) atoms. The summed E-state index contributed by atoms with van der Waals surface area (Å²) in [5.74, 6) is -0.666. The molecule has 96 valence electrons. The Balaban J connectivity index is 3.49. The van der Waals surface area contributed by atoms with Gasteiger partial charge in [0.15, 0.2) is 0 Å². The van der Waals surface area contributed by atoms with Gasteiger partial charge in [-0.05, 0) is 24.7 Å². The predicted octanol–water partition coefficient (Wildman–Crippen LogP) is 4.63. The molecule has 0 aliphatic carbocycles. The number of carboxylic acid groups (broad SMARTS) is 1. The van der Waals surface area contributed by atoms with Crippen molar-refractivity contribution in [2.24, 2.45) is 5.41 Å². The summed E-state index contributed by atoms with van der Waals surface area (Å²) in [5.41, 5.74) is 0.395. The van der Waals surface area contributed by atoms with Crippen molar-refractivity contribution in [3.8, 4) is 0 Å². The first-order valence-corrected chi connectivity index (χ1v) is 6.70. The van der Waals surface area contributed by atoms with Crippen LogP contribution in [0.4, 0.5) is 0 Å². The Morgan fingerprint density at radius 2 is 1.56 bits per heavy atom. The first-order valence-electron chi connectivity index (χ1n) is 6.70. The van der Waals surface area contributed by atoms with Gasteiger partial charge in [-0.15, -0.1) is 0 Å². The summed E-state index contributed by atoms with van der Waals surface area (Å²) in [4.78, 5) is 10.4. The van der Waals surface area contributed by atoms with Crippen LogP contribution >= 0.6 is 0 Å². The van der Waals surface area contributed by atoms with Crippen molar-refractivity contribution < 1.29 is 9.90 Å². The van der Waals surface area contributed by atoms with Gasteiger partial charge in [0.2, 0.25) is 0 Å². The van der Waals surface area contributed by atoms with E-state index in [4.69, 9.17) is 5.11 Å². The number of rotatable bonds is 10. The normalized spacial score (nSPS) is 11.7. The van der Waals surface area contributed by atoms with Crippen LogP contribution in [0, 0.1) is 5.41 Å². The van der Waals surface area contributed by atoms with Crippen LogP contribution in [0.2, 0.25) is 0 Å². The number of unbranched alkanes of at least 4 members (excludes halogenated alkanes) is 4. The molecule has 0 saturated heterocycles. The Morgan fingerprint density at radius 1 is 1.00 bits per heavy atom. The van der Waals surface area contributed by atoms with E-state index in [1.54, 1.807) is 0 Å². The fourth-order valence-electron chi connectivity index (χ4n) is 2.04. The summed E-state index contributed by atoms with van der Waals surface area (Å²) in [6.07, 6.45) is 9.93. The van der Waals surface area contributed by atoms with Crippen molar-refractivity contribution in [2.45, 2.75) is 78.6 Å². The lowest BCUT2D eigenvalue weighted by molar-refractivity contribution is -0.137. The van der Waals surface area contributed by atoms with E-state index < -0.39 is 5.97 Å². The minimum atomic E-state index is -0.666. The van der Waals surface area contributed by atoms with Crippen LogP contribution in [-0.4, -0.2) is 11.1 Å². The zero-order valence-electron chi connectivity index (χ0n) is 11.2. The van der Waals surface area contributed by atoms with Gasteiger partial charge < -0.3 is 5.11 Å². The zero-order valence-corrected chi connectivity index (χ0v) is 11.2. The smallest absolute Gasteiger partial charge is 0.303 e. The van der Waals surface area contributed by atoms with Crippen LogP contribution in [0.25, 0.3) is 0 Å². The van der Waals surface area contributed by atoms with E-state index in [-0.39, 0.29) is 0 Å². The Labute approximate surface area is 100 Å². The molecule has 0 heterocycles. The first kappa shape index (κ1) is 15.5. The predicted molar refractivity (Wildman–Crippen MR) is 68.6 cm³/mol. The standard InChI is InChI=1S/C14H28O2/c1-4-5-6-8-11-14(2,3)12-9-7-10-13(15)16/h4-12H2,1-3H3,(H,15,16). The molecule has 0 aromatic rings. The second-order valence-corrected chi connectivity index (χ2v) is 5.58. The van der Waals surface area contributed by atoms with Crippen LogP contribution in [0.5, 0.6) is 0 Å². The highest BCUT2D eigenvalue weighted by atomic mass is 16.4. The fraction of sp³-hybridized carbons (Fsp3) is 0.929. The molecule has 1 N–H and O–H groups in total. The molecular weight excluding hydrogens is 200 g/mol. The molecule has 0 radical (unpaired) electrons. The lowest BCUT2D eigenvalue weighted by Gasteiger charge is -2.24. The highest BCUT2D eigenvalue weighted by molar-refractivity contribution is 5.66. The molecule has 0 saturated carbocycles. The largest absolute Gasteiger partial charge is 0.481 e. The van der Waals surface area contributed by atoms with Crippen molar-refractivity contribution in [3.63, 3.8) is 0 Å². The summed E-state index contributed by atoms with van der Waals surface area (Å²) in [6, 6.07) is 0. The molecule has 0 aliphatic heterocycles. The maximum Gasteiger partial charge on any atom is 0.303 e. The zero-order chi connectivity index (χ0) is 12.4. The second kappa shape index (κ2) is 8.60. The van der Waals surface area contributed by atoms with E-state index in [1.807, 2.05) is 0 Å². The summed E-state index contributed by atoms with van der Waals surface area (Å²) < 4.78 is 0.